The Morgan fingerprint density at radius 1 is 1.29 bits per heavy atom. The van der Waals surface area contributed by atoms with E-state index in [-0.39, 0.29) is 0 Å². The minimum absolute atomic E-state index is 0.380. The molecule has 0 radical (unpaired) electrons. The lowest BCUT2D eigenvalue weighted by atomic mass is 9.89. The van der Waals surface area contributed by atoms with E-state index in [1.54, 1.807) is 0 Å². The third-order valence-corrected chi connectivity index (χ3v) is 4.26. The van der Waals surface area contributed by atoms with E-state index in [4.69, 9.17) is 16.3 Å². The molecule has 0 heterocycles. The summed E-state index contributed by atoms with van der Waals surface area (Å²) in [4.78, 5) is 0. The second-order valence-electron chi connectivity index (χ2n) is 4.89. The molecule has 0 spiro atoms. The molecule has 1 fully saturated rings. The predicted molar refractivity (Wildman–Crippen MR) is 76.1 cm³/mol. The van der Waals surface area contributed by atoms with Crippen molar-refractivity contribution >= 4 is 27.5 Å². The SMILES string of the molecule is CC1CCC(Oc2ccc(Cl)cc2CBr)CC1. The fourth-order valence-corrected chi connectivity index (χ4v) is 2.93. The lowest BCUT2D eigenvalue weighted by molar-refractivity contribution is 0.134. The van der Waals surface area contributed by atoms with Gasteiger partial charge in [-0.1, -0.05) is 34.5 Å². The Balaban J connectivity index is 2.03. The van der Waals surface area contributed by atoms with Crippen molar-refractivity contribution in [1.82, 2.24) is 0 Å². The van der Waals surface area contributed by atoms with Crippen LogP contribution in [-0.4, -0.2) is 6.10 Å². The molecule has 0 atom stereocenters. The highest BCUT2D eigenvalue weighted by Gasteiger charge is 2.20. The quantitative estimate of drug-likeness (QED) is 0.697. The van der Waals surface area contributed by atoms with Gasteiger partial charge in [0.15, 0.2) is 0 Å². The maximum atomic E-state index is 6.09. The summed E-state index contributed by atoms with van der Waals surface area (Å²) in [6.45, 7) is 2.32. The fraction of sp³-hybridized carbons (Fsp3) is 0.571. The molecule has 3 heteroatoms. The zero-order valence-electron chi connectivity index (χ0n) is 10.1. The highest BCUT2D eigenvalue weighted by molar-refractivity contribution is 9.08. The highest BCUT2D eigenvalue weighted by atomic mass is 79.9. The van der Waals surface area contributed by atoms with E-state index in [0.717, 1.165) is 27.6 Å². The van der Waals surface area contributed by atoms with Gasteiger partial charge in [-0.2, -0.15) is 0 Å². The molecule has 0 N–H and O–H groups in total. The zero-order valence-corrected chi connectivity index (χ0v) is 12.4. The first-order valence-electron chi connectivity index (χ1n) is 6.20. The lowest BCUT2D eigenvalue weighted by Crippen LogP contribution is -2.23. The van der Waals surface area contributed by atoms with E-state index in [2.05, 4.69) is 22.9 Å². The average molecular weight is 318 g/mol. The van der Waals surface area contributed by atoms with Crippen LogP contribution < -0.4 is 4.74 Å². The van der Waals surface area contributed by atoms with Crippen LogP contribution in [0.3, 0.4) is 0 Å². The molecule has 1 aromatic rings. The smallest absolute Gasteiger partial charge is 0.123 e. The Morgan fingerprint density at radius 3 is 2.65 bits per heavy atom. The second kappa shape index (κ2) is 6.10. The molecule has 2 rings (SSSR count). The van der Waals surface area contributed by atoms with Gasteiger partial charge in [0.25, 0.3) is 0 Å². The van der Waals surface area contributed by atoms with Gasteiger partial charge in [0.05, 0.1) is 6.10 Å². The Morgan fingerprint density at radius 2 is 2.00 bits per heavy atom. The van der Waals surface area contributed by atoms with Crippen molar-refractivity contribution in [2.24, 2.45) is 5.92 Å². The maximum absolute atomic E-state index is 6.09. The largest absolute Gasteiger partial charge is 0.490 e. The first kappa shape index (κ1) is 13.2. The van der Waals surface area contributed by atoms with Gasteiger partial charge in [0, 0.05) is 15.9 Å². The van der Waals surface area contributed by atoms with Crippen LogP contribution in [-0.2, 0) is 5.33 Å². The van der Waals surface area contributed by atoms with Crippen molar-refractivity contribution < 1.29 is 4.74 Å². The van der Waals surface area contributed by atoms with Crippen LogP contribution in [0.1, 0.15) is 38.2 Å². The minimum Gasteiger partial charge on any atom is -0.490 e. The Hall–Kier alpha value is -0.210. The van der Waals surface area contributed by atoms with Gasteiger partial charge in [-0.15, -0.1) is 0 Å². The van der Waals surface area contributed by atoms with Crippen molar-refractivity contribution in [3.63, 3.8) is 0 Å². The molecular formula is C14H18BrClO. The van der Waals surface area contributed by atoms with Crippen LogP contribution in [0, 0.1) is 5.92 Å². The highest BCUT2D eigenvalue weighted by Crippen LogP contribution is 2.30. The molecule has 0 bridgehead atoms. The number of hydrogen-bond acceptors (Lipinski definition) is 1. The minimum atomic E-state index is 0.380. The van der Waals surface area contributed by atoms with Crippen LogP contribution in [0.25, 0.3) is 0 Å². The van der Waals surface area contributed by atoms with Crippen molar-refractivity contribution in [3.05, 3.63) is 28.8 Å². The van der Waals surface area contributed by atoms with Gasteiger partial charge in [-0.3, -0.25) is 0 Å². The number of hydrogen-bond donors (Lipinski definition) is 0. The van der Waals surface area contributed by atoms with Gasteiger partial charge in [-0.05, 0) is 49.8 Å². The molecule has 1 aliphatic rings. The van der Waals surface area contributed by atoms with E-state index >= 15 is 0 Å². The Bertz CT molecular complexity index is 372. The van der Waals surface area contributed by atoms with Gasteiger partial charge in [0.1, 0.15) is 5.75 Å². The summed E-state index contributed by atoms with van der Waals surface area (Å²) in [6, 6.07) is 5.85. The van der Waals surface area contributed by atoms with Crippen LogP contribution in [0.4, 0.5) is 0 Å². The van der Waals surface area contributed by atoms with Crippen molar-refractivity contribution in [2.75, 3.05) is 0 Å². The van der Waals surface area contributed by atoms with E-state index in [1.165, 1.54) is 25.7 Å². The Kier molecular flexibility index (Phi) is 4.75. The third kappa shape index (κ3) is 3.62. The van der Waals surface area contributed by atoms with Crippen molar-refractivity contribution in [3.8, 4) is 5.75 Å². The molecule has 0 unspecified atom stereocenters. The van der Waals surface area contributed by atoms with Gasteiger partial charge < -0.3 is 4.74 Å². The molecule has 1 aliphatic carbocycles. The third-order valence-electron chi connectivity index (χ3n) is 3.42. The first-order chi connectivity index (χ1) is 8.19. The van der Waals surface area contributed by atoms with E-state index in [1.807, 2.05) is 18.2 Å². The van der Waals surface area contributed by atoms with Crippen LogP contribution in [0.15, 0.2) is 18.2 Å². The molecule has 0 aromatic heterocycles. The van der Waals surface area contributed by atoms with Crippen LogP contribution in [0.5, 0.6) is 5.75 Å². The summed E-state index contributed by atoms with van der Waals surface area (Å²) >= 11 is 9.46. The second-order valence-corrected chi connectivity index (χ2v) is 5.88. The summed E-state index contributed by atoms with van der Waals surface area (Å²) in [7, 11) is 0. The number of rotatable bonds is 3. The van der Waals surface area contributed by atoms with Crippen molar-refractivity contribution in [2.45, 2.75) is 44.0 Å². The molecule has 0 aliphatic heterocycles. The van der Waals surface area contributed by atoms with Crippen LogP contribution in [0.2, 0.25) is 5.02 Å². The predicted octanol–water partition coefficient (Wildman–Crippen LogP) is 5.19. The van der Waals surface area contributed by atoms with Gasteiger partial charge in [-0.25, -0.2) is 0 Å². The molecule has 0 saturated heterocycles. The van der Waals surface area contributed by atoms with Gasteiger partial charge >= 0.3 is 0 Å². The monoisotopic (exact) mass is 316 g/mol. The van der Waals surface area contributed by atoms with Gasteiger partial charge in [0.2, 0.25) is 0 Å². The summed E-state index contributed by atoms with van der Waals surface area (Å²) in [5, 5.41) is 1.55. The summed E-state index contributed by atoms with van der Waals surface area (Å²) in [5.41, 5.74) is 1.14. The van der Waals surface area contributed by atoms with E-state index in [0.29, 0.717) is 6.10 Å². The molecule has 1 aromatic carbocycles. The first-order valence-corrected chi connectivity index (χ1v) is 7.70. The molecule has 1 nitrogen and oxygen atoms in total. The molecular weight excluding hydrogens is 300 g/mol. The standard InChI is InChI=1S/C14H18BrClO/c1-10-2-5-13(6-3-10)17-14-7-4-12(16)8-11(14)9-15/h4,7-8,10,13H,2-3,5-6,9H2,1H3. The topological polar surface area (TPSA) is 9.23 Å². The number of halogens is 2. The Labute approximate surface area is 117 Å². The maximum Gasteiger partial charge on any atom is 0.123 e. The number of benzene rings is 1. The summed E-state index contributed by atoms with van der Waals surface area (Å²) in [5.74, 6) is 1.83. The molecule has 94 valence electrons. The normalized spacial score (nSPS) is 24.6. The van der Waals surface area contributed by atoms with E-state index < -0.39 is 0 Å². The lowest BCUT2D eigenvalue weighted by Gasteiger charge is -2.27. The zero-order chi connectivity index (χ0) is 12.3. The number of ether oxygens (including phenoxy) is 1. The molecule has 0 amide bonds. The van der Waals surface area contributed by atoms with Crippen molar-refractivity contribution in [1.29, 1.82) is 0 Å². The van der Waals surface area contributed by atoms with Crippen LogP contribution >= 0.6 is 27.5 Å². The summed E-state index contributed by atoms with van der Waals surface area (Å²) < 4.78 is 6.09. The number of alkyl halides is 1. The van der Waals surface area contributed by atoms with E-state index in [9.17, 15) is 0 Å². The fourth-order valence-electron chi connectivity index (χ4n) is 2.29. The average Bonchev–Trinajstić information content (AvgIpc) is 2.34. The molecule has 1 saturated carbocycles. The molecule has 17 heavy (non-hydrogen) atoms. The summed E-state index contributed by atoms with van der Waals surface area (Å²) in [6.07, 6.45) is 5.28.